The summed E-state index contributed by atoms with van der Waals surface area (Å²) >= 11 is 0. The molecule has 1 heterocycles. The molecule has 1 aromatic heterocycles. The Morgan fingerprint density at radius 2 is 1.73 bits per heavy atom. The number of hydrogen-bond donors (Lipinski definition) is 1. The molecule has 4 nitrogen and oxygen atoms in total. The van der Waals surface area contributed by atoms with E-state index in [2.05, 4.69) is 17.0 Å². The number of aromatic nitrogens is 3. The molecule has 0 spiro atoms. The lowest BCUT2D eigenvalue weighted by Crippen LogP contribution is -2.39. The van der Waals surface area contributed by atoms with Crippen LogP contribution < -0.4 is 0 Å². The van der Waals surface area contributed by atoms with Crippen LogP contribution in [0.15, 0.2) is 61.2 Å². The molecular weight excluding hydrogens is 329 g/mol. The second-order valence-corrected chi connectivity index (χ2v) is 7.23. The summed E-state index contributed by atoms with van der Waals surface area (Å²) < 4.78 is 14.8. The van der Waals surface area contributed by atoms with Crippen molar-refractivity contribution < 1.29 is 9.50 Å². The van der Waals surface area contributed by atoms with Crippen LogP contribution >= 0.6 is 0 Å². The first kappa shape index (κ1) is 16.9. The van der Waals surface area contributed by atoms with Crippen molar-refractivity contribution in [2.45, 2.75) is 31.9 Å². The molecule has 0 amide bonds. The normalized spacial score (nSPS) is 17.7. The van der Waals surface area contributed by atoms with E-state index in [1.165, 1.54) is 18.5 Å². The second kappa shape index (κ2) is 6.65. The van der Waals surface area contributed by atoms with Gasteiger partial charge in [0.1, 0.15) is 24.1 Å². The number of benzene rings is 2. The van der Waals surface area contributed by atoms with E-state index in [1.807, 2.05) is 24.3 Å². The highest BCUT2D eigenvalue weighted by Crippen LogP contribution is 2.46. The first-order valence-electron chi connectivity index (χ1n) is 8.97. The summed E-state index contributed by atoms with van der Waals surface area (Å²) in [6, 6.07) is 14.3. The van der Waals surface area contributed by atoms with Crippen LogP contribution in [0.3, 0.4) is 0 Å². The summed E-state index contributed by atoms with van der Waals surface area (Å²) in [5.74, 6) is 0.425. The fraction of sp³-hybridized carbons (Fsp3) is 0.333. The monoisotopic (exact) mass is 351 g/mol. The summed E-state index contributed by atoms with van der Waals surface area (Å²) in [5, 5.41) is 15.8. The predicted molar refractivity (Wildman–Crippen MR) is 97.6 cm³/mol. The van der Waals surface area contributed by atoms with Crippen LogP contribution in [-0.2, 0) is 12.1 Å². The number of halogens is 1. The minimum Gasteiger partial charge on any atom is -0.383 e. The van der Waals surface area contributed by atoms with Crippen molar-refractivity contribution in [1.82, 2.24) is 14.8 Å². The van der Waals surface area contributed by atoms with Crippen molar-refractivity contribution in [2.24, 2.45) is 11.8 Å². The van der Waals surface area contributed by atoms with E-state index in [4.69, 9.17) is 0 Å². The van der Waals surface area contributed by atoms with Gasteiger partial charge >= 0.3 is 0 Å². The highest BCUT2D eigenvalue weighted by atomic mass is 19.1. The molecule has 134 valence electrons. The molecule has 1 aliphatic rings. The molecule has 5 heteroatoms. The first-order valence-corrected chi connectivity index (χ1v) is 8.97. The zero-order valence-corrected chi connectivity index (χ0v) is 14.7. The van der Waals surface area contributed by atoms with E-state index in [1.54, 1.807) is 23.1 Å². The van der Waals surface area contributed by atoms with Crippen LogP contribution in [0.25, 0.3) is 11.1 Å². The Labute approximate surface area is 152 Å². The minimum absolute atomic E-state index is 0.128. The minimum atomic E-state index is -1.00. The number of hydrogen-bond acceptors (Lipinski definition) is 3. The highest BCUT2D eigenvalue weighted by Gasteiger charge is 2.44. The van der Waals surface area contributed by atoms with Gasteiger partial charge in [-0.05, 0) is 53.5 Å². The Bertz CT molecular complexity index is 857. The van der Waals surface area contributed by atoms with Gasteiger partial charge in [-0.1, -0.05) is 43.3 Å². The smallest absolute Gasteiger partial charge is 0.137 e. The highest BCUT2D eigenvalue weighted by molar-refractivity contribution is 5.63. The summed E-state index contributed by atoms with van der Waals surface area (Å²) in [6.45, 7) is 2.49. The predicted octanol–water partition coefficient (Wildman–Crippen LogP) is 4.02. The van der Waals surface area contributed by atoms with Gasteiger partial charge in [-0.3, -0.25) is 0 Å². The van der Waals surface area contributed by atoms with Crippen molar-refractivity contribution in [3.8, 4) is 11.1 Å². The van der Waals surface area contributed by atoms with Crippen LogP contribution in [0, 0.1) is 17.7 Å². The molecule has 0 saturated heterocycles. The summed E-state index contributed by atoms with van der Waals surface area (Å²) in [7, 11) is 0. The maximum atomic E-state index is 13.1. The SMILES string of the molecule is CC(C1CC1)C(O)(Cn1cncn1)c1ccc(-c2ccc(F)cc2)cc1. The third-order valence-electron chi connectivity index (χ3n) is 5.51. The summed E-state index contributed by atoms with van der Waals surface area (Å²) in [5.41, 5.74) is 1.82. The van der Waals surface area contributed by atoms with E-state index in [0.717, 1.165) is 29.5 Å². The zero-order valence-electron chi connectivity index (χ0n) is 14.7. The second-order valence-electron chi connectivity index (χ2n) is 7.23. The molecule has 2 atom stereocenters. The number of rotatable bonds is 6. The van der Waals surface area contributed by atoms with Crippen LogP contribution in [0.1, 0.15) is 25.3 Å². The maximum absolute atomic E-state index is 13.1. The average molecular weight is 351 g/mol. The Morgan fingerprint density at radius 1 is 1.12 bits per heavy atom. The molecule has 1 saturated carbocycles. The van der Waals surface area contributed by atoms with Crippen molar-refractivity contribution in [3.05, 3.63) is 72.6 Å². The molecule has 3 aromatic rings. The van der Waals surface area contributed by atoms with Crippen molar-refractivity contribution in [3.63, 3.8) is 0 Å². The van der Waals surface area contributed by atoms with Crippen LogP contribution in [0.4, 0.5) is 4.39 Å². The lowest BCUT2D eigenvalue weighted by molar-refractivity contribution is -0.0442. The fourth-order valence-corrected chi connectivity index (χ4v) is 3.64. The van der Waals surface area contributed by atoms with E-state index < -0.39 is 5.60 Å². The molecule has 0 radical (unpaired) electrons. The molecule has 2 aromatic carbocycles. The zero-order chi connectivity index (χ0) is 18.1. The third-order valence-corrected chi connectivity index (χ3v) is 5.51. The maximum Gasteiger partial charge on any atom is 0.137 e. The standard InChI is InChI=1S/C21H22FN3O/c1-15(16-2-3-16)21(26,12-25-14-23-13-24-25)19-8-4-17(5-9-19)18-6-10-20(22)11-7-18/h4-11,13-16,26H,2-3,12H2,1H3. The van der Waals surface area contributed by atoms with Crippen LogP contribution in [0.2, 0.25) is 0 Å². The third kappa shape index (κ3) is 3.27. The Morgan fingerprint density at radius 3 is 2.27 bits per heavy atom. The van der Waals surface area contributed by atoms with E-state index >= 15 is 0 Å². The fourth-order valence-electron chi connectivity index (χ4n) is 3.64. The van der Waals surface area contributed by atoms with Crippen molar-refractivity contribution in [2.75, 3.05) is 0 Å². The number of nitrogens with zero attached hydrogens (tertiary/aromatic N) is 3. The molecule has 0 aliphatic heterocycles. The quantitative estimate of drug-likeness (QED) is 0.730. The molecule has 1 N–H and O–H groups in total. The first-order chi connectivity index (χ1) is 12.6. The van der Waals surface area contributed by atoms with Gasteiger partial charge in [0.25, 0.3) is 0 Å². The Hall–Kier alpha value is -2.53. The largest absolute Gasteiger partial charge is 0.383 e. The topological polar surface area (TPSA) is 50.9 Å². The number of aliphatic hydroxyl groups is 1. The molecule has 26 heavy (non-hydrogen) atoms. The van der Waals surface area contributed by atoms with E-state index in [-0.39, 0.29) is 11.7 Å². The van der Waals surface area contributed by atoms with Gasteiger partial charge in [-0.25, -0.2) is 14.1 Å². The van der Waals surface area contributed by atoms with Gasteiger partial charge in [0.05, 0.1) is 6.54 Å². The van der Waals surface area contributed by atoms with Gasteiger partial charge in [-0.2, -0.15) is 5.10 Å². The van der Waals surface area contributed by atoms with Gasteiger partial charge in [0, 0.05) is 0 Å². The van der Waals surface area contributed by atoms with Gasteiger partial charge in [0.15, 0.2) is 0 Å². The van der Waals surface area contributed by atoms with Crippen molar-refractivity contribution >= 4 is 0 Å². The van der Waals surface area contributed by atoms with Gasteiger partial charge in [-0.15, -0.1) is 0 Å². The lowest BCUT2D eigenvalue weighted by Gasteiger charge is -2.35. The van der Waals surface area contributed by atoms with Crippen LogP contribution in [0.5, 0.6) is 0 Å². The molecule has 0 bridgehead atoms. The van der Waals surface area contributed by atoms with Gasteiger partial charge in [0.2, 0.25) is 0 Å². The molecular formula is C21H22FN3O. The molecule has 1 aliphatic carbocycles. The average Bonchev–Trinajstić information content (AvgIpc) is 3.39. The molecule has 1 fully saturated rings. The summed E-state index contributed by atoms with van der Waals surface area (Å²) in [6.07, 6.45) is 5.44. The molecule has 2 unspecified atom stereocenters. The van der Waals surface area contributed by atoms with E-state index in [9.17, 15) is 9.50 Å². The summed E-state index contributed by atoms with van der Waals surface area (Å²) in [4.78, 5) is 3.99. The Kier molecular flexibility index (Phi) is 4.32. The van der Waals surface area contributed by atoms with Gasteiger partial charge < -0.3 is 5.11 Å². The Balaban J connectivity index is 1.65. The van der Waals surface area contributed by atoms with E-state index in [0.29, 0.717) is 12.5 Å². The molecule has 4 rings (SSSR count). The van der Waals surface area contributed by atoms with Crippen LogP contribution in [-0.4, -0.2) is 19.9 Å². The lowest BCUT2D eigenvalue weighted by atomic mass is 9.79. The van der Waals surface area contributed by atoms with Crippen molar-refractivity contribution in [1.29, 1.82) is 0 Å².